The minimum Gasteiger partial charge on any atom is -0.488 e. The summed E-state index contributed by atoms with van der Waals surface area (Å²) >= 11 is 0. The van der Waals surface area contributed by atoms with Crippen LogP contribution >= 0.6 is 0 Å². The molecule has 3 rings (SSSR count). The number of hydrogen-bond acceptors (Lipinski definition) is 5. The van der Waals surface area contributed by atoms with Gasteiger partial charge < -0.3 is 25.4 Å². The lowest BCUT2D eigenvalue weighted by Crippen LogP contribution is -2.49. The van der Waals surface area contributed by atoms with E-state index in [0.717, 1.165) is 12.8 Å². The Kier molecular flexibility index (Phi) is 6.01. The first-order chi connectivity index (χ1) is 12.9. The van der Waals surface area contributed by atoms with Gasteiger partial charge in [0.05, 0.1) is 18.2 Å². The van der Waals surface area contributed by atoms with Crippen LogP contribution in [0, 0.1) is 11.8 Å². The largest absolute Gasteiger partial charge is 0.488 e. The number of aliphatic hydroxyl groups excluding tert-OH is 1. The molecule has 0 saturated heterocycles. The number of ether oxygens (including phenoxy) is 1. The SMILES string of the molecule is CNC[C@H]1Oc2ccc(NC(=O)C3CC3)cc2C(=O)N([C@H](C)CO)C[C@H]1C. The first-order valence-corrected chi connectivity index (χ1v) is 9.62. The number of amides is 2. The lowest BCUT2D eigenvalue weighted by Gasteiger charge is -2.37. The predicted octanol–water partition coefficient (Wildman–Crippen LogP) is 1.47. The number of nitrogens with one attached hydrogen (secondary N) is 2. The highest BCUT2D eigenvalue weighted by atomic mass is 16.5. The molecule has 3 atom stereocenters. The lowest BCUT2D eigenvalue weighted by atomic mass is 9.99. The van der Waals surface area contributed by atoms with Gasteiger partial charge in [-0.2, -0.15) is 0 Å². The first-order valence-electron chi connectivity index (χ1n) is 9.62. The quantitative estimate of drug-likeness (QED) is 0.701. The number of aliphatic hydroxyl groups is 1. The average molecular weight is 375 g/mol. The molecule has 1 heterocycles. The zero-order valence-corrected chi connectivity index (χ0v) is 16.2. The Balaban J connectivity index is 1.94. The van der Waals surface area contributed by atoms with E-state index in [0.29, 0.717) is 30.1 Å². The molecular formula is C20H29N3O4. The van der Waals surface area contributed by atoms with Crippen LogP contribution in [0.3, 0.4) is 0 Å². The fourth-order valence-corrected chi connectivity index (χ4v) is 3.33. The molecule has 2 amide bonds. The Bertz CT molecular complexity index is 704. The second-order valence-corrected chi connectivity index (χ2v) is 7.65. The van der Waals surface area contributed by atoms with E-state index < -0.39 is 0 Å². The summed E-state index contributed by atoms with van der Waals surface area (Å²) in [6.07, 6.45) is 1.73. The van der Waals surface area contributed by atoms with E-state index in [1.807, 2.05) is 20.9 Å². The minimum absolute atomic E-state index is 0.00331. The van der Waals surface area contributed by atoms with Crippen molar-refractivity contribution in [2.24, 2.45) is 11.8 Å². The van der Waals surface area contributed by atoms with Crippen LogP contribution in [0.2, 0.25) is 0 Å². The molecule has 3 N–H and O–H groups in total. The maximum atomic E-state index is 13.2. The molecule has 1 aliphatic heterocycles. The van der Waals surface area contributed by atoms with Gasteiger partial charge >= 0.3 is 0 Å². The van der Waals surface area contributed by atoms with E-state index >= 15 is 0 Å². The molecular weight excluding hydrogens is 346 g/mol. The molecule has 0 spiro atoms. The summed E-state index contributed by atoms with van der Waals surface area (Å²) in [6.45, 7) is 4.91. The van der Waals surface area contributed by atoms with Crippen LogP contribution in [0.1, 0.15) is 37.0 Å². The van der Waals surface area contributed by atoms with E-state index in [2.05, 4.69) is 10.6 Å². The van der Waals surface area contributed by atoms with Gasteiger partial charge in [-0.1, -0.05) is 6.92 Å². The first kappa shape index (κ1) is 19.6. The Morgan fingerprint density at radius 3 is 2.78 bits per heavy atom. The van der Waals surface area contributed by atoms with E-state index in [1.54, 1.807) is 23.1 Å². The van der Waals surface area contributed by atoms with E-state index in [-0.39, 0.29) is 42.4 Å². The van der Waals surface area contributed by atoms with Gasteiger partial charge in [0.1, 0.15) is 11.9 Å². The fraction of sp³-hybridized carbons (Fsp3) is 0.600. The monoisotopic (exact) mass is 375 g/mol. The van der Waals surface area contributed by atoms with Crippen molar-refractivity contribution in [1.29, 1.82) is 0 Å². The van der Waals surface area contributed by atoms with Crippen LogP contribution in [-0.4, -0.2) is 60.7 Å². The number of fused-ring (bicyclic) bond motifs is 1. The molecule has 148 valence electrons. The molecule has 1 fully saturated rings. The van der Waals surface area contributed by atoms with Crippen LogP contribution in [0.25, 0.3) is 0 Å². The lowest BCUT2D eigenvalue weighted by molar-refractivity contribution is -0.117. The average Bonchev–Trinajstić information content (AvgIpc) is 3.50. The van der Waals surface area contributed by atoms with Gasteiger partial charge in [-0.15, -0.1) is 0 Å². The highest BCUT2D eigenvalue weighted by Crippen LogP contribution is 2.33. The van der Waals surface area contributed by atoms with Crippen molar-refractivity contribution in [3.8, 4) is 5.75 Å². The summed E-state index contributed by atoms with van der Waals surface area (Å²) in [5.74, 6) is 0.496. The van der Waals surface area contributed by atoms with Gasteiger partial charge in [0.15, 0.2) is 0 Å². The number of carbonyl (C=O) groups is 2. The fourth-order valence-electron chi connectivity index (χ4n) is 3.33. The Labute approximate surface area is 160 Å². The molecule has 1 aromatic rings. The van der Waals surface area contributed by atoms with E-state index in [9.17, 15) is 14.7 Å². The van der Waals surface area contributed by atoms with Crippen molar-refractivity contribution >= 4 is 17.5 Å². The van der Waals surface area contributed by atoms with Crippen molar-refractivity contribution in [2.45, 2.75) is 38.8 Å². The van der Waals surface area contributed by atoms with Crippen LogP contribution < -0.4 is 15.4 Å². The van der Waals surface area contributed by atoms with Crippen LogP contribution in [0.15, 0.2) is 18.2 Å². The predicted molar refractivity (Wildman–Crippen MR) is 103 cm³/mol. The zero-order chi connectivity index (χ0) is 19.6. The summed E-state index contributed by atoms with van der Waals surface area (Å²) < 4.78 is 6.16. The number of hydrogen-bond donors (Lipinski definition) is 3. The number of rotatable bonds is 6. The molecule has 1 saturated carbocycles. The zero-order valence-electron chi connectivity index (χ0n) is 16.2. The highest BCUT2D eigenvalue weighted by Gasteiger charge is 2.33. The molecule has 1 aliphatic carbocycles. The third-order valence-corrected chi connectivity index (χ3v) is 5.29. The van der Waals surface area contributed by atoms with Crippen molar-refractivity contribution in [2.75, 3.05) is 32.1 Å². The summed E-state index contributed by atoms with van der Waals surface area (Å²) in [7, 11) is 1.87. The number of nitrogens with zero attached hydrogens (tertiary/aromatic N) is 1. The highest BCUT2D eigenvalue weighted by molar-refractivity contribution is 6.00. The third kappa shape index (κ3) is 4.42. The Hall–Kier alpha value is -2.12. The second-order valence-electron chi connectivity index (χ2n) is 7.65. The van der Waals surface area contributed by atoms with Gasteiger partial charge in [-0.25, -0.2) is 0 Å². The third-order valence-electron chi connectivity index (χ3n) is 5.29. The van der Waals surface area contributed by atoms with Crippen molar-refractivity contribution in [1.82, 2.24) is 10.2 Å². The Morgan fingerprint density at radius 2 is 2.15 bits per heavy atom. The number of benzene rings is 1. The molecule has 2 aliphatic rings. The van der Waals surface area contributed by atoms with Crippen molar-refractivity contribution in [3.63, 3.8) is 0 Å². The summed E-state index contributed by atoms with van der Waals surface area (Å²) in [5.41, 5.74) is 1.01. The summed E-state index contributed by atoms with van der Waals surface area (Å²) in [5, 5.41) is 15.6. The molecule has 0 unspecified atom stereocenters. The Morgan fingerprint density at radius 1 is 1.41 bits per heavy atom. The molecule has 0 bridgehead atoms. The van der Waals surface area contributed by atoms with Gasteiger partial charge in [0, 0.05) is 30.6 Å². The molecule has 7 nitrogen and oxygen atoms in total. The number of likely N-dealkylation sites (N-methyl/N-ethyl adjacent to an activating group) is 1. The molecule has 0 aromatic heterocycles. The topological polar surface area (TPSA) is 90.9 Å². The standard InChI is InChI=1S/C20H29N3O4/c1-12-10-23(13(2)11-24)20(26)16-8-15(22-19(25)14-4-5-14)6-7-17(16)27-18(12)9-21-3/h6-8,12-14,18,21,24H,4-5,9-11H2,1-3H3,(H,22,25)/t12-,13-,18-/m1/s1. The maximum Gasteiger partial charge on any atom is 0.258 e. The van der Waals surface area contributed by atoms with Gasteiger partial charge in [0.2, 0.25) is 5.91 Å². The maximum absolute atomic E-state index is 13.2. The van der Waals surface area contributed by atoms with Gasteiger partial charge in [-0.05, 0) is 45.0 Å². The minimum atomic E-state index is -0.300. The molecule has 7 heteroatoms. The molecule has 0 radical (unpaired) electrons. The normalized spacial score (nSPS) is 23.7. The molecule has 27 heavy (non-hydrogen) atoms. The summed E-state index contributed by atoms with van der Waals surface area (Å²) in [6, 6.07) is 4.90. The van der Waals surface area contributed by atoms with Crippen LogP contribution in [-0.2, 0) is 4.79 Å². The van der Waals surface area contributed by atoms with Crippen LogP contribution in [0.4, 0.5) is 5.69 Å². The number of anilines is 1. The molecule has 1 aromatic carbocycles. The van der Waals surface area contributed by atoms with Crippen LogP contribution in [0.5, 0.6) is 5.75 Å². The second kappa shape index (κ2) is 8.27. The van der Waals surface area contributed by atoms with Crippen molar-refractivity contribution < 1.29 is 19.4 Å². The van der Waals surface area contributed by atoms with E-state index in [4.69, 9.17) is 4.74 Å². The smallest absolute Gasteiger partial charge is 0.258 e. The van der Waals surface area contributed by atoms with Crippen molar-refractivity contribution in [3.05, 3.63) is 23.8 Å². The van der Waals surface area contributed by atoms with Gasteiger partial charge in [-0.3, -0.25) is 9.59 Å². The van der Waals surface area contributed by atoms with Gasteiger partial charge in [0.25, 0.3) is 5.91 Å². The number of carbonyl (C=O) groups excluding carboxylic acids is 2. The van der Waals surface area contributed by atoms with E-state index in [1.165, 1.54) is 0 Å². The summed E-state index contributed by atoms with van der Waals surface area (Å²) in [4.78, 5) is 27.0.